The molecule has 11 nitrogen and oxygen atoms in total. The minimum absolute atomic E-state index is 0.0453. The van der Waals surface area contributed by atoms with Gasteiger partial charge in [-0.1, -0.05) is 30.3 Å². The molecule has 1 aliphatic heterocycles. The van der Waals surface area contributed by atoms with Crippen LogP contribution in [0.25, 0.3) is 11.5 Å². The molecule has 0 spiro atoms. The maximum Gasteiger partial charge on any atom is 0.408 e. The lowest BCUT2D eigenvalue weighted by Gasteiger charge is -2.29. The highest BCUT2D eigenvalue weighted by Gasteiger charge is 2.37. The number of nitrogens with one attached hydrogen (secondary N) is 2. The van der Waals surface area contributed by atoms with Crippen molar-refractivity contribution in [3.63, 3.8) is 0 Å². The van der Waals surface area contributed by atoms with Gasteiger partial charge in [-0.25, -0.2) is 9.78 Å². The van der Waals surface area contributed by atoms with Crippen molar-refractivity contribution >= 4 is 23.3 Å². The zero-order chi connectivity index (χ0) is 30.1. The molecular weight excluding hydrogens is 556 g/mol. The number of thiazole rings is 1. The van der Waals surface area contributed by atoms with Crippen LogP contribution in [-0.2, 0) is 16.7 Å². The van der Waals surface area contributed by atoms with E-state index in [0.29, 0.717) is 18.5 Å². The van der Waals surface area contributed by atoms with E-state index in [1.165, 1.54) is 17.4 Å². The Morgan fingerprint density at radius 3 is 2.62 bits per heavy atom. The summed E-state index contributed by atoms with van der Waals surface area (Å²) in [5.74, 6) is -0.132. The lowest BCUT2D eigenvalue weighted by Crippen LogP contribution is -2.47. The molecule has 0 unspecified atom stereocenters. The number of rotatable bonds is 7. The number of amides is 2. The molecule has 42 heavy (non-hydrogen) atoms. The number of aromatic amines is 1. The molecule has 4 aromatic rings. The Morgan fingerprint density at radius 2 is 1.93 bits per heavy atom. The lowest BCUT2D eigenvalue weighted by molar-refractivity contribution is 0.0443. The first kappa shape index (κ1) is 29.2. The molecule has 1 fully saturated rings. The summed E-state index contributed by atoms with van der Waals surface area (Å²) in [5.41, 5.74) is -0.0671. The van der Waals surface area contributed by atoms with E-state index in [0.717, 1.165) is 29.1 Å². The number of nitrogens with zero attached hydrogens (tertiary/aromatic N) is 4. The molecule has 0 radical (unpaired) electrons. The third kappa shape index (κ3) is 6.59. The van der Waals surface area contributed by atoms with Crippen molar-refractivity contribution in [1.29, 1.82) is 0 Å². The SMILES string of the molecule is Cc1csc([C@H]2CCCN2C(=O)c2cc(-c3nnc([C@@](C)(Cc4ccccc4)NC(=O)OC(C)(C)C)o3)cc(=O)[nH]2)n1. The van der Waals surface area contributed by atoms with E-state index < -0.39 is 22.8 Å². The van der Waals surface area contributed by atoms with Crippen molar-refractivity contribution in [2.24, 2.45) is 0 Å². The molecule has 1 aromatic carbocycles. The molecule has 0 aliphatic carbocycles. The number of carbonyl (C=O) groups excluding carboxylic acids is 2. The Balaban J connectivity index is 1.44. The van der Waals surface area contributed by atoms with E-state index in [-0.39, 0.29) is 29.4 Å². The molecule has 1 aliphatic rings. The fourth-order valence-corrected chi connectivity index (χ4v) is 5.94. The number of aryl methyl sites for hydroxylation is 1. The number of hydrogen-bond donors (Lipinski definition) is 2. The van der Waals surface area contributed by atoms with Gasteiger partial charge in [0, 0.05) is 35.7 Å². The minimum atomic E-state index is -1.14. The first-order valence-electron chi connectivity index (χ1n) is 13.8. The van der Waals surface area contributed by atoms with Gasteiger partial charge in [0.25, 0.3) is 5.91 Å². The highest BCUT2D eigenvalue weighted by molar-refractivity contribution is 7.09. The van der Waals surface area contributed by atoms with E-state index in [9.17, 15) is 14.4 Å². The summed E-state index contributed by atoms with van der Waals surface area (Å²) in [6.07, 6.45) is 1.34. The summed E-state index contributed by atoms with van der Waals surface area (Å²) < 4.78 is 11.6. The fraction of sp³-hybridized carbons (Fsp3) is 0.400. The highest BCUT2D eigenvalue weighted by atomic mass is 32.1. The summed E-state index contributed by atoms with van der Waals surface area (Å²) in [4.78, 5) is 48.1. The standard InChI is InChI=1S/C30H34N6O5S/c1-18-17-42-25(31-18)22-12-9-13-36(22)26(38)21-14-20(15-23(37)32-21)24-34-35-27(40-24)30(5,16-19-10-7-6-8-11-19)33-28(39)41-29(2,3)4/h6-8,10-11,14-15,17,22H,9,12-13,16H2,1-5H3,(H,32,37)(H,33,39)/t22-,30-/m1/s1. The second kappa shape index (κ2) is 11.5. The monoisotopic (exact) mass is 590 g/mol. The number of pyridine rings is 1. The molecule has 2 N–H and O–H groups in total. The third-order valence-electron chi connectivity index (χ3n) is 6.83. The highest BCUT2D eigenvalue weighted by Crippen LogP contribution is 2.35. The van der Waals surface area contributed by atoms with Gasteiger partial charge in [0.05, 0.1) is 6.04 Å². The first-order valence-corrected chi connectivity index (χ1v) is 14.6. The fourth-order valence-electron chi connectivity index (χ4n) is 5.00. The second-order valence-corrected chi connectivity index (χ2v) is 12.6. The van der Waals surface area contributed by atoms with Gasteiger partial charge in [-0.15, -0.1) is 21.5 Å². The van der Waals surface area contributed by atoms with Crippen LogP contribution >= 0.6 is 11.3 Å². The van der Waals surface area contributed by atoms with Gasteiger partial charge in [-0.2, -0.15) is 0 Å². The zero-order valence-corrected chi connectivity index (χ0v) is 25.1. The van der Waals surface area contributed by atoms with Gasteiger partial charge in [0.2, 0.25) is 17.3 Å². The minimum Gasteiger partial charge on any atom is -0.444 e. The van der Waals surface area contributed by atoms with Crippen LogP contribution in [-0.4, -0.2) is 49.2 Å². The van der Waals surface area contributed by atoms with Crippen LogP contribution in [0, 0.1) is 6.92 Å². The number of benzene rings is 1. The number of aromatic nitrogens is 4. The van der Waals surface area contributed by atoms with Crippen LogP contribution in [0.4, 0.5) is 4.79 Å². The van der Waals surface area contributed by atoms with E-state index in [1.807, 2.05) is 42.6 Å². The molecule has 2 atom stereocenters. The number of hydrogen-bond acceptors (Lipinski definition) is 9. The van der Waals surface area contributed by atoms with Gasteiger partial charge in [0.15, 0.2) is 0 Å². The van der Waals surface area contributed by atoms with Crippen LogP contribution in [0.3, 0.4) is 0 Å². The van der Waals surface area contributed by atoms with Gasteiger partial charge in [-0.3, -0.25) is 9.59 Å². The van der Waals surface area contributed by atoms with Gasteiger partial charge < -0.3 is 24.4 Å². The summed E-state index contributed by atoms with van der Waals surface area (Å²) in [5, 5.41) is 14.2. The molecule has 0 saturated carbocycles. The van der Waals surface area contributed by atoms with Crippen molar-refractivity contribution < 1.29 is 18.7 Å². The van der Waals surface area contributed by atoms with Gasteiger partial charge in [0.1, 0.15) is 21.8 Å². The normalized spacial score (nSPS) is 16.7. The molecule has 2 amide bonds. The van der Waals surface area contributed by atoms with Crippen molar-refractivity contribution in [3.05, 3.63) is 86.0 Å². The lowest BCUT2D eigenvalue weighted by atomic mass is 9.92. The molecule has 1 saturated heterocycles. The Hall–Kier alpha value is -4.32. The topological polar surface area (TPSA) is 143 Å². The van der Waals surface area contributed by atoms with Gasteiger partial charge in [-0.05, 0) is 59.1 Å². The summed E-state index contributed by atoms with van der Waals surface area (Å²) in [6, 6.07) is 12.3. The van der Waals surface area contributed by atoms with Crippen LogP contribution in [0.15, 0.2) is 57.1 Å². The number of alkyl carbamates (subject to hydrolysis) is 1. The molecule has 3 aromatic heterocycles. The number of carbonyl (C=O) groups is 2. The first-order chi connectivity index (χ1) is 19.9. The Kier molecular flexibility index (Phi) is 8.00. The maximum absolute atomic E-state index is 13.6. The maximum atomic E-state index is 13.6. The molecule has 12 heteroatoms. The average Bonchev–Trinajstić information content (AvgIpc) is 3.68. The predicted octanol–water partition coefficient (Wildman–Crippen LogP) is 5.15. The van der Waals surface area contributed by atoms with Gasteiger partial charge >= 0.3 is 6.09 Å². The Labute approximate surface area is 247 Å². The van der Waals surface area contributed by atoms with E-state index in [2.05, 4.69) is 25.5 Å². The summed E-state index contributed by atoms with van der Waals surface area (Å²) in [6.45, 7) is 9.59. The zero-order valence-electron chi connectivity index (χ0n) is 24.3. The van der Waals surface area contributed by atoms with E-state index in [1.54, 1.807) is 38.7 Å². The van der Waals surface area contributed by atoms with Crippen molar-refractivity contribution in [2.45, 2.75) is 71.1 Å². The molecule has 4 heterocycles. The van der Waals surface area contributed by atoms with Crippen molar-refractivity contribution in [2.75, 3.05) is 6.54 Å². The smallest absolute Gasteiger partial charge is 0.408 e. The molecule has 0 bridgehead atoms. The van der Waals surface area contributed by atoms with Crippen LogP contribution in [0.1, 0.15) is 79.2 Å². The van der Waals surface area contributed by atoms with Crippen molar-refractivity contribution in [1.82, 2.24) is 30.4 Å². The molecule has 220 valence electrons. The van der Waals surface area contributed by atoms with Crippen LogP contribution < -0.4 is 10.9 Å². The number of H-pyrrole nitrogens is 1. The number of likely N-dealkylation sites (tertiary alicyclic amines) is 1. The quantitative estimate of drug-likeness (QED) is 0.301. The molecule has 5 rings (SSSR count). The van der Waals surface area contributed by atoms with E-state index in [4.69, 9.17) is 9.15 Å². The van der Waals surface area contributed by atoms with Crippen LogP contribution in [0.5, 0.6) is 0 Å². The second-order valence-electron chi connectivity index (χ2n) is 11.7. The largest absolute Gasteiger partial charge is 0.444 e. The Bertz CT molecular complexity index is 1640. The van der Waals surface area contributed by atoms with Crippen molar-refractivity contribution in [3.8, 4) is 11.5 Å². The summed E-state index contributed by atoms with van der Waals surface area (Å²) >= 11 is 1.53. The molecular formula is C30H34N6O5S. The Morgan fingerprint density at radius 1 is 1.17 bits per heavy atom. The predicted molar refractivity (Wildman–Crippen MR) is 157 cm³/mol. The number of ether oxygens (including phenoxy) is 1. The summed E-state index contributed by atoms with van der Waals surface area (Å²) in [7, 11) is 0. The third-order valence-corrected chi connectivity index (χ3v) is 7.90. The van der Waals surface area contributed by atoms with Crippen LogP contribution in [0.2, 0.25) is 0 Å². The van der Waals surface area contributed by atoms with E-state index >= 15 is 0 Å². The average molecular weight is 591 g/mol.